The van der Waals surface area contributed by atoms with Gasteiger partial charge in [-0.1, -0.05) is 18.2 Å². The van der Waals surface area contributed by atoms with Crippen molar-refractivity contribution in [3.05, 3.63) is 67.4 Å². The number of aliphatic hydroxyl groups is 1. The highest BCUT2D eigenvalue weighted by Gasteiger charge is 2.67. The third-order valence-electron chi connectivity index (χ3n) is 9.22. The van der Waals surface area contributed by atoms with Gasteiger partial charge in [-0.25, -0.2) is 34.3 Å². The third-order valence-corrected chi connectivity index (χ3v) is 12.0. The van der Waals surface area contributed by atoms with Gasteiger partial charge in [0.1, 0.15) is 36.5 Å². The van der Waals surface area contributed by atoms with Gasteiger partial charge < -0.3 is 33.7 Å². The van der Waals surface area contributed by atoms with Crippen LogP contribution in [-0.2, 0) is 48.7 Å². The summed E-state index contributed by atoms with van der Waals surface area (Å²) in [6.07, 6.45) is -2.95. The number of rotatable bonds is 15. The number of nitrogens with one attached hydrogen (secondary N) is 1. The molecule has 5 aromatic rings. The molecule has 3 N–H and O–H groups in total. The molecule has 3 saturated heterocycles. The average Bonchev–Trinajstić information content (AvgIpc) is 4.02. The van der Waals surface area contributed by atoms with E-state index in [2.05, 4.69) is 35.2 Å². The molecular weight excluding hydrogens is 801 g/mol. The second-order valence-corrected chi connectivity index (χ2v) is 16.2. The largest absolute Gasteiger partial charge is 0.695 e. The first-order valence-corrected chi connectivity index (χ1v) is 20.5. The Morgan fingerprint density at radius 2 is 1.91 bits per heavy atom. The van der Waals surface area contributed by atoms with E-state index in [1.54, 1.807) is 30.3 Å². The summed E-state index contributed by atoms with van der Waals surface area (Å²) < 4.78 is 73.0. The van der Waals surface area contributed by atoms with Crippen LogP contribution in [0.25, 0.3) is 22.3 Å². The quantitative estimate of drug-likeness (QED) is 0.101. The number of hydrogen-bond acceptors (Lipinski definition) is 18. The standard InChI is InChI=1S/C31H29FN10O11P2S/c32-20-22(19(10-43)50-29(20)41-15-38-18-9-34-13-36-26(18)41)53-55(56,48-8-4-7-33)49-12-31-11-47-23(24(31)52-54(45)46)30(51-31)42-16-39-21-25(35-14-37-27(21)42)40-28(44)17-5-2-1-3-6-17/h1-3,5-6,9,13-16,19-20,22-24,29-30,43H,4,8,10-12H2,(H-,35,37,40,44,45,46)/p+1/t19-,20-,22-,23-,24+,29-,30-,31-,55?/m1/s1. The first-order chi connectivity index (χ1) is 27.1. The molecule has 0 radical (unpaired) electrons. The molecule has 8 rings (SSSR count). The topological polar surface area (TPSA) is 262 Å². The Hall–Kier alpha value is -4.40. The fourth-order valence-corrected chi connectivity index (χ4v) is 9.30. The molecule has 7 heterocycles. The van der Waals surface area contributed by atoms with Crippen molar-refractivity contribution in [3.63, 3.8) is 0 Å². The van der Waals surface area contributed by atoms with Gasteiger partial charge in [-0.15, -0.1) is 9.42 Å². The van der Waals surface area contributed by atoms with Crippen LogP contribution in [0.1, 0.15) is 29.2 Å². The van der Waals surface area contributed by atoms with E-state index in [0.717, 1.165) is 0 Å². The molecule has 0 spiro atoms. The summed E-state index contributed by atoms with van der Waals surface area (Å²) in [5.41, 5.74) is -0.160. The maximum Gasteiger partial charge on any atom is 0.695 e. The van der Waals surface area contributed by atoms with Crippen molar-refractivity contribution in [2.24, 2.45) is 0 Å². The average molecular weight is 832 g/mol. The number of nitriles is 1. The van der Waals surface area contributed by atoms with Crippen molar-refractivity contribution in [1.29, 1.82) is 5.26 Å². The molecule has 1 aromatic carbocycles. The fourth-order valence-electron chi connectivity index (χ4n) is 6.67. The van der Waals surface area contributed by atoms with E-state index < -0.39 is 82.7 Å². The molecule has 25 heteroatoms. The van der Waals surface area contributed by atoms with Gasteiger partial charge in [0.25, 0.3) is 5.91 Å². The Balaban J connectivity index is 1.04. The van der Waals surface area contributed by atoms with Gasteiger partial charge in [0.15, 0.2) is 53.0 Å². The van der Waals surface area contributed by atoms with E-state index in [-0.39, 0.29) is 42.3 Å². The number of anilines is 1. The predicted octanol–water partition coefficient (Wildman–Crippen LogP) is 2.40. The van der Waals surface area contributed by atoms with E-state index in [0.29, 0.717) is 11.1 Å². The first kappa shape index (κ1) is 38.5. The normalized spacial score (nSPS) is 28.4. The van der Waals surface area contributed by atoms with E-state index >= 15 is 4.39 Å². The van der Waals surface area contributed by atoms with E-state index in [1.807, 2.05) is 6.07 Å². The van der Waals surface area contributed by atoms with Crippen LogP contribution in [0.15, 0.2) is 61.8 Å². The van der Waals surface area contributed by atoms with Crippen LogP contribution in [0, 0.1) is 11.3 Å². The van der Waals surface area contributed by atoms with Crippen molar-refractivity contribution >= 4 is 60.8 Å². The van der Waals surface area contributed by atoms with Crippen LogP contribution in [0.5, 0.6) is 0 Å². The highest BCUT2D eigenvalue weighted by molar-refractivity contribution is 8.07. The summed E-state index contributed by atoms with van der Waals surface area (Å²) in [5.74, 6) is -0.317. The maximum atomic E-state index is 16.3. The Labute approximate surface area is 320 Å². The predicted molar refractivity (Wildman–Crippen MR) is 190 cm³/mol. The van der Waals surface area contributed by atoms with Crippen molar-refractivity contribution in [2.45, 2.75) is 55.1 Å². The summed E-state index contributed by atoms with van der Waals surface area (Å²) in [6, 6.07) is 10.4. The molecule has 2 bridgehead atoms. The second kappa shape index (κ2) is 15.9. The van der Waals surface area contributed by atoms with E-state index in [9.17, 15) is 24.6 Å². The van der Waals surface area contributed by atoms with Gasteiger partial charge in [-0.2, -0.15) is 5.26 Å². The van der Waals surface area contributed by atoms with Gasteiger partial charge >= 0.3 is 15.0 Å². The molecule has 21 nitrogen and oxygen atoms in total. The van der Waals surface area contributed by atoms with Gasteiger partial charge in [-0.05, 0) is 23.9 Å². The Kier molecular flexibility index (Phi) is 10.9. The molecule has 3 aliphatic heterocycles. The molecule has 3 aliphatic rings. The van der Waals surface area contributed by atoms with Crippen LogP contribution in [0.2, 0.25) is 0 Å². The smallest absolute Gasteiger partial charge is 0.394 e. The zero-order valence-corrected chi connectivity index (χ0v) is 31.2. The number of carbonyl (C=O) groups excluding carboxylic acids is 1. The van der Waals surface area contributed by atoms with Crippen molar-refractivity contribution < 1.29 is 56.1 Å². The SMILES string of the molecule is N#CCCOP(=S)(OC[C@@]12CO[C@@H]([C@H](n3cnc4c(NC(=O)c5ccccc5)ncnc43)O1)[C@@H]2O[P+](=O)O)O[C@H]1[C@@H](F)[C@H](n2cnc3cncnc32)O[C@@H]1CO. The number of hydrogen-bond donors (Lipinski definition) is 3. The summed E-state index contributed by atoms with van der Waals surface area (Å²) in [7, 11) is -3.21. The lowest BCUT2D eigenvalue weighted by Crippen LogP contribution is -2.45. The van der Waals surface area contributed by atoms with E-state index in [1.165, 1.54) is 40.6 Å². The number of halogens is 1. The molecule has 10 atom stereocenters. The summed E-state index contributed by atoms with van der Waals surface area (Å²) in [6.45, 7) is -5.75. The molecule has 292 valence electrons. The molecule has 0 aliphatic carbocycles. The number of alkyl halides is 1. The van der Waals surface area contributed by atoms with E-state index in [4.69, 9.17) is 44.1 Å². The number of benzene rings is 1. The number of aromatic nitrogens is 8. The number of aliphatic hydroxyl groups excluding tert-OH is 1. The number of imidazole rings is 2. The molecule has 3 fully saturated rings. The maximum absolute atomic E-state index is 16.3. The minimum absolute atomic E-state index is 0.114. The first-order valence-electron chi connectivity index (χ1n) is 16.8. The highest BCUT2D eigenvalue weighted by Crippen LogP contribution is 2.57. The Morgan fingerprint density at radius 3 is 2.70 bits per heavy atom. The lowest BCUT2D eigenvalue weighted by atomic mass is 10.0. The van der Waals surface area contributed by atoms with Crippen molar-refractivity contribution in [1.82, 2.24) is 39.0 Å². The highest BCUT2D eigenvalue weighted by atomic mass is 32.5. The molecule has 2 unspecified atom stereocenters. The summed E-state index contributed by atoms with van der Waals surface area (Å²) in [4.78, 5) is 47.9. The molecule has 0 saturated carbocycles. The summed E-state index contributed by atoms with van der Waals surface area (Å²) in [5, 5.41) is 22.1. The Morgan fingerprint density at radius 1 is 1.12 bits per heavy atom. The number of fused-ring (bicyclic) bond motifs is 4. The van der Waals surface area contributed by atoms with Gasteiger partial charge in [0.2, 0.25) is 0 Å². The minimum atomic E-state index is -4.06. The van der Waals surface area contributed by atoms with Crippen molar-refractivity contribution in [3.8, 4) is 6.07 Å². The van der Waals surface area contributed by atoms with Crippen molar-refractivity contribution in [2.75, 3.05) is 31.7 Å². The minimum Gasteiger partial charge on any atom is -0.394 e. The summed E-state index contributed by atoms with van der Waals surface area (Å²) >= 11 is 5.73. The number of nitrogens with zero attached hydrogens (tertiary/aromatic N) is 9. The van der Waals surface area contributed by atoms with Crippen LogP contribution < -0.4 is 5.32 Å². The number of carbonyl (C=O) groups is 1. The van der Waals surface area contributed by atoms with Crippen LogP contribution >= 0.6 is 15.0 Å². The number of ether oxygens (including phenoxy) is 3. The van der Waals surface area contributed by atoms with Gasteiger partial charge in [0, 0.05) is 10.1 Å². The number of amides is 1. The monoisotopic (exact) mass is 831 g/mol. The zero-order chi connectivity index (χ0) is 39.0. The lowest BCUT2D eigenvalue weighted by molar-refractivity contribution is -0.183. The third kappa shape index (κ3) is 7.20. The zero-order valence-electron chi connectivity index (χ0n) is 28.6. The fraction of sp³-hybridized carbons (Fsp3) is 0.419. The second-order valence-electron chi connectivity index (χ2n) is 12.6. The molecule has 56 heavy (non-hydrogen) atoms. The van der Waals surface area contributed by atoms with Crippen LogP contribution in [0.3, 0.4) is 0 Å². The van der Waals surface area contributed by atoms with Gasteiger partial charge in [0.05, 0.1) is 57.8 Å². The molecular formula is C31H30FN10O11P2S+. The van der Waals surface area contributed by atoms with Crippen LogP contribution in [-0.4, -0.2) is 118 Å². The lowest BCUT2D eigenvalue weighted by Gasteiger charge is -2.33. The molecule has 4 aromatic heterocycles. The van der Waals surface area contributed by atoms with Gasteiger partial charge in [-0.3, -0.25) is 18.5 Å². The Bertz CT molecular complexity index is 2360. The van der Waals surface area contributed by atoms with Crippen LogP contribution in [0.4, 0.5) is 10.2 Å². The molecule has 1 amide bonds.